The van der Waals surface area contributed by atoms with Crippen molar-refractivity contribution in [2.75, 3.05) is 19.6 Å². The summed E-state index contributed by atoms with van der Waals surface area (Å²) in [6.45, 7) is 4.08. The summed E-state index contributed by atoms with van der Waals surface area (Å²) in [5.74, 6) is -0.212. The molecule has 0 radical (unpaired) electrons. The van der Waals surface area contributed by atoms with Gasteiger partial charge >= 0.3 is 0 Å². The monoisotopic (exact) mass is 312 g/mol. The van der Waals surface area contributed by atoms with Crippen LogP contribution in [0.4, 0.5) is 4.39 Å². The van der Waals surface area contributed by atoms with Crippen LogP contribution in [0.5, 0.6) is 0 Å². The van der Waals surface area contributed by atoms with Crippen molar-refractivity contribution in [3.05, 3.63) is 59.4 Å². The molecule has 4 heteroatoms. The Balaban J connectivity index is 1.93. The SMILES string of the molecule is Cc1cc(F)ccc1-c1ccccc1CC1CNCCNC1=O. The lowest BCUT2D eigenvalue weighted by Gasteiger charge is -2.17. The van der Waals surface area contributed by atoms with Gasteiger partial charge in [0, 0.05) is 19.6 Å². The van der Waals surface area contributed by atoms with Crippen molar-refractivity contribution in [3.63, 3.8) is 0 Å². The second-order valence-corrected chi connectivity index (χ2v) is 6.01. The van der Waals surface area contributed by atoms with Gasteiger partial charge in [-0.05, 0) is 47.7 Å². The highest BCUT2D eigenvalue weighted by atomic mass is 19.1. The van der Waals surface area contributed by atoms with Crippen LogP contribution in [-0.2, 0) is 11.2 Å². The van der Waals surface area contributed by atoms with Gasteiger partial charge in [-0.2, -0.15) is 0 Å². The van der Waals surface area contributed by atoms with Crippen molar-refractivity contribution in [2.24, 2.45) is 5.92 Å². The summed E-state index contributed by atoms with van der Waals surface area (Å²) in [5, 5.41) is 6.24. The van der Waals surface area contributed by atoms with Crippen LogP contribution in [0, 0.1) is 18.7 Å². The molecule has 120 valence electrons. The van der Waals surface area contributed by atoms with Crippen LogP contribution in [0.2, 0.25) is 0 Å². The highest BCUT2D eigenvalue weighted by molar-refractivity contribution is 5.80. The third-order valence-corrected chi connectivity index (χ3v) is 4.32. The summed E-state index contributed by atoms with van der Waals surface area (Å²) in [4.78, 5) is 12.2. The molecule has 0 spiro atoms. The second kappa shape index (κ2) is 6.92. The molecule has 1 heterocycles. The molecule has 0 aliphatic carbocycles. The number of carbonyl (C=O) groups excluding carboxylic acids is 1. The first-order chi connectivity index (χ1) is 11.1. The van der Waals surface area contributed by atoms with E-state index in [2.05, 4.69) is 16.7 Å². The highest BCUT2D eigenvalue weighted by Gasteiger charge is 2.22. The molecule has 2 aromatic rings. The fourth-order valence-electron chi connectivity index (χ4n) is 3.11. The lowest BCUT2D eigenvalue weighted by molar-refractivity contribution is -0.124. The van der Waals surface area contributed by atoms with Crippen LogP contribution < -0.4 is 10.6 Å². The van der Waals surface area contributed by atoms with Crippen molar-refractivity contribution in [1.29, 1.82) is 0 Å². The zero-order valence-corrected chi connectivity index (χ0v) is 13.2. The lowest BCUT2D eigenvalue weighted by atomic mass is 9.90. The zero-order valence-electron chi connectivity index (χ0n) is 13.2. The van der Waals surface area contributed by atoms with Crippen LogP contribution in [-0.4, -0.2) is 25.5 Å². The van der Waals surface area contributed by atoms with E-state index in [9.17, 15) is 9.18 Å². The average molecular weight is 312 g/mol. The zero-order chi connectivity index (χ0) is 16.2. The topological polar surface area (TPSA) is 41.1 Å². The minimum Gasteiger partial charge on any atom is -0.355 e. The summed E-state index contributed by atoms with van der Waals surface area (Å²) in [7, 11) is 0. The normalized spacial score (nSPS) is 18.3. The molecular formula is C19H21FN2O. The quantitative estimate of drug-likeness (QED) is 0.915. The average Bonchev–Trinajstić information content (AvgIpc) is 2.73. The van der Waals surface area contributed by atoms with Gasteiger partial charge < -0.3 is 10.6 Å². The number of rotatable bonds is 3. The first-order valence-corrected chi connectivity index (χ1v) is 7.98. The molecule has 3 nitrogen and oxygen atoms in total. The Morgan fingerprint density at radius 3 is 2.78 bits per heavy atom. The van der Waals surface area contributed by atoms with Gasteiger partial charge in [-0.25, -0.2) is 4.39 Å². The Hall–Kier alpha value is -2.20. The first-order valence-electron chi connectivity index (χ1n) is 7.98. The maximum Gasteiger partial charge on any atom is 0.224 e. The molecule has 1 fully saturated rings. The number of aryl methyl sites for hydroxylation is 1. The number of amides is 1. The molecule has 0 saturated carbocycles. The van der Waals surface area contributed by atoms with Crippen LogP contribution >= 0.6 is 0 Å². The fraction of sp³-hybridized carbons (Fsp3) is 0.316. The second-order valence-electron chi connectivity index (χ2n) is 6.01. The molecule has 2 N–H and O–H groups in total. The third kappa shape index (κ3) is 3.59. The third-order valence-electron chi connectivity index (χ3n) is 4.32. The number of halogens is 1. The molecule has 1 saturated heterocycles. The van der Waals surface area contributed by atoms with E-state index in [0.29, 0.717) is 19.5 Å². The van der Waals surface area contributed by atoms with E-state index < -0.39 is 0 Å². The minimum atomic E-state index is -0.226. The summed E-state index contributed by atoms with van der Waals surface area (Å²) in [6, 6.07) is 12.9. The number of nitrogens with one attached hydrogen (secondary N) is 2. The van der Waals surface area contributed by atoms with Crippen LogP contribution in [0.15, 0.2) is 42.5 Å². The molecule has 23 heavy (non-hydrogen) atoms. The number of benzene rings is 2. The van der Waals surface area contributed by atoms with Crippen LogP contribution in [0.25, 0.3) is 11.1 Å². The standard InChI is InChI=1S/C19H21FN2O/c1-13-10-16(20)6-7-17(13)18-5-3-2-4-14(18)11-15-12-21-8-9-22-19(15)23/h2-7,10,15,21H,8-9,11-12H2,1H3,(H,22,23). The van der Waals surface area contributed by atoms with Gasteiger partial charge in [-0.15, -0.1) is 0 Å². The molecule has 0 bridgehead atoms. The van der Waals surface area contributed by atoms with Gasteiger partial charge in [-0.3, -0.25) is 4.79 Å². The van der Waals surface area contributed by atoms with E-state index in [1.54, 1.807) is 6.07 Å². The van der Waals surface area contributed by atoms with Gasteiger partial charge in [0.1, 0.15) is 5.82 Å². The van der Waals surface area contributed by atoms with E-state index >= 15 is 0 Å². The van der Waals surface area contributed by atoms with E-state index in [4.69, 9.17) is 0 Å². The van der Waals surface area contributed by atoms with Crippen molar-refractivity contribution in [2.45, 2.75) is 13.3 Å². The van der Waals surface area contributed by atoms with E-state index in [0.717, 1.165) is 28.8 Å². The van der Waals surface area contributed by atoms with Gasteiger partial charge in [0.15, 0.2) is 0 Å². The van der Waals surface area contributed by atoms with Crippen LogP contribution in [0.1, 0.15) is 11.1 Å². The molecular weight excluding hydrogens is 291 g/mol. The molecule has 1 amide bonds. The summed E-state index contributed by atoms with van der Waals surface area (Å²) in [5.41, 5.74) is 4.11. The summed E-state index contributed by atoms with van der Waals surface area (Å²) in [6.07, 6.45) is 0.672. The molecule has 2 aromatic carbocycles. The summed E-state index contributed by atoms with van der Waals surface area (Å²) >= 11 is 0. The summed E-state index contributed by atoms with van der Waals surface area (Å²) < 4.78 is 13.4. The maximum atomic E-state index is 13.4. The Bertz CT molecular complexity index is 714. The van der Waals surface area contributed by atoms with Crippen molar-refractivity contribution in [1.82, 2.24) is 10.6 Å². The van der Waals surface area contributed by atoms with Gasteiger partial charge in [0.05, 0.1) is 5.92 Å². The molecule has 0 aromatic heterocycles. The van der Waals surface area contributed by atoms with Crippen molar-refractivity contribution in [3.8, 4) is 11.1 Å². The Kier molecular flexibility index (Phi) is 4.72. The minimum absolute atomic E-state index is 0.0839. The van der Waals surface area contributed by atoms with Crippen molar-refractivity contribution < 1.29 is 9.18 Å². The number of carbonyl (C=O) groups is 1. The molecule has 3 rings (SSSR count). The number of hydrogen-bond acceptors (Lipinski definition) is 2. The Labute approximate surface area is 135 Å². The van der Waals surface area contributed by atoms with Gasteiger partial charge in [-0.1, -0.05) is 30.3 Å². The molecule has 1 aliphatic rings. The smallest absolute Gasteiger partial charge is 0.224 e. The predicted molar refractivity (Wildman–Crippen MR) is 89.6 cm³/mol. The fourth-order valence-corrected chi connectivity index (χ4v) is 3.11. The molecule has 1 atom stereocenters. The van der Waals surface area contributed by atoms with Gasteiger partial charge in [0.25, 0.3) is 0 Å². The molecule has 1 aliphatic heterocycles. The van der Waals surface area contributed by atoms with Crippen molar-refractivity contribution >= 4 is 5.91 Å². The lowest BCUT2D eigenvalue weighted by Crippen LogP contribution is -2.32. The largest absolute Gasteiger partial charge is 0.355 e. The van der Waals surface area contributed by atoms with Gasteiger partial charge in [0.2, 0.25) is 5.91 Å². The maximum absolute atomic E-state index is 13.4. The predicted octanol–water partition coefficient (Wildman–Crippen LogP) is 2.68. The molecule has 1 unspecified atom stereocenters. The first kappa shape index (κ1) is 15.7. The Morgan fingerprint density at radius 1 is 1.13 bits per heavy atom. The van der Waals surface area contributed by atoms with E-state index in [1.165, 1.54) is 6.07 Å². The number of hydrogen-bond donors (Lipinski definition) is 2. The highest BCUT2D eigenvalue weighted by Crippen LogP contribution is 2.29. The van der Waals surface area contributed by atoms with E-state index in [-0.39, 0.29) is 17.6 Å². The van der Waals surface area contributed by atoms with E-state index in [1.807, 2.05) is 31.2 Å². The Morgan fingerprint density at radius 2 is 1.96 bits per heavy atom. The van der Waals surface area contributed by atoms with Crippen LogP contribution in [0.3, 0.4) is 0 Å².